The number of hydrogen-bond acceptors (Lipinski definition) is 5. The first-order valence-electron chi connectivity index (χ1n) is 6.79. The Bertz CT molecular complexity index is 619. The SMILES string of the molecule is Cc1nc(N2CCN[C@H](C)C2)c2c(C)c(C)sc2n1. The van der Waals surface area contributed by atoms with E-state index in [-0.39, 0.29) is 0 Å². The molecule has 2 aromatic rings. The second-order valence-corrected chi connectivity index (χ2v) is 6.56. The molecule has 1 saturated heterocycles. The normalized spacial score (nSPS) is 20.2. The van der Waals surface area contributed by atoms with Gasteiger partial charge in [0.2, 0.25) is 0 Å². The van der Waals surface area contributed by atoms with Gasteiger partial charge in [-0.25, -0.2) is 9.97 Å². The minimum atomic E-state index is 0.513. The zero-order chi connectivity index (χ0) is 13.6. The molecule has 5 heteroatoms. The van der Waals surface area contributed by atoms with E-state index in [2.05, 4.69) is 36.0 Å². The maximum Gasteiger partial charge on any atom is 0.141 e. The molecular weight excluding hydrogens is 256 g/mol. The van der Waals surface area contributed by atoms with Crippen molar-refractivity contribution in [3.8, 4) is 0 Å². The van der Waals surface area contributed by atoms with Crippen molar-refractivity contribution in [1.29, 1.82) is 0 Å². The number of hydrogen-bond donors (Lipinski definition) is 1. The van der Waals surface area contributed by atoms with Gasteiger partial charge >= 0.3 is 0 Å². The lowest BCUT2D eigenvalue weighted by atomic mass is 10.1. The molecule has 1 aliphatic rings. The number of aromatic nitrogens is 2. The van der Waals surface area contributed by atoms with E-state index in [1.807, 2.05) is 6.92 Å². The van der Waals surface area contributed by atoms with E-state index in [9.17, 15) is 0 Å². The predicted octanol–water partition coefficient (Wildman–Crippen LogP) is 2.41. The van der Waals surface area contributed by atoms with Gasteiger partial charge in [0.05, 0.1) is 5.39 Å². The predicted molar refractivity (Wildman–Crippen MR) is 81.3 cm³/mol. The summed E-state index contributed by atoms with van der Waals surface area (Å²) in [6.45, 7) is 11.6. The first-order chi connectivity index (χ1) is 9.06. The summed E-state index contributed by atoms with van der Waals surface area (Å²) < 4.78 is 0. The van der Waals surface area contributed by atoms with Crippen LogP contribution >= 0.6 is 11.3 Å². The van der Waals surface area contributed by atoms with Crippen LogP contribution in [0.15, 0.2) is 0 Å². The van der Waals surface area contributed by atoms with Crippen molar-refractivity contribution in [2.24, 2.45) is 0 Å². The molecule has 19 heavy (non-hydrogen) atoms. The Morgan fingerprint density at radius 2 is 2.05 bits per heavy atom. The van der Waals surface area contributed by atoms with Crippen LogP contribution in [0, 0.1) is 20.8 Å². The van der Waals surface area contributed by atoms with Crippen LogP contribution in [-0.2, 0) is 0 Å². The second-order valence-electron chi connectivity index (χ2n) is 5.36. The molecule has 0 radical (unpaired) electrons. The molecule has 2 aromatic heterocycles. The quantitative estimate of drug-likeness (QED) is 0.868. The number of nitrogens with zero attached hydrogens (tertiary/aromatic N) is 3. The average Bonchev–Trinajstić information content (AvgIpc) is 2.64. The monoisotopic (exact) mass is 276 g/mol. The highest BCUT2D eigenvalue weighted by atomic mass is 32.1. The molecule has 1 fully saturated rings. The molecule has 4 nitrogen and oxygen atoms in total. The Balaban J connectivity index is 2.16. The summed E-state index contributed by atoms with van der Waals surface area (Å²) >= 11 is 1.78. The van der Waals surface area contributed by atoms with Gasteiger partial charge in [-0.3, -0.25) is 0 Å². The van der Waals surface area contributed by atoms with Crippen LogP contribution < -0.4 is 10.2 Å². The third-order valence-electron chi connectivity index (χ3n) is 3.79. The fourth-order valence-electron chi connectivity index (χ4n) is 2.69. The van der Waals surface area contributed by atoms with E-state index < -0.39 is 0 Å². The Morgan fingerprint density at radius 3 is 2.79 bits per heavy atom. The molecule has 0 aliphatic carbocycles. The highest BCUT2D eigenvalue weighted by Crippen LogP contribution is 2.35. The van der Waals surface area contributed by atoms with Crippen molar-refractivity contribution in [3.05, 3.63) is 16.3 Å². The van der Waals surface area contributed by atoms with E-state index in [4.69, 9.17) is 4.98 Å². The molecular formula is C14H20N4S. The summed E-state index contributed by atoms with van der Waals surface area (Å²) in [6, 6.07) is 0.513. The Labute approximate surface area is 117 Å². The van der Waals surface area contributed by atoms with Gasteiger partial charge in [0.1, 0.15) is 16.5 Å². The summed E-state index contributed by atoms with van der Waals surface area (Å²) in [4.78, 5) is 14.2. The van der Waals surface area contributed by atoms with E-state index in [1.54, 1.807) is 11.3 Å². The van der Waals surface area contributed by atoms with Crippen LogP contribution in [0.4, 0.5) is 5.82 Å². The standard InChI is InChI=1S/C14H20N4S/c1-8-7-18(6-5-15-8)13-12-9(2)10(3)19-14(12)17-11(4)16-13/h8,15H,5-7H2,1-4H3/t8-/m1/s1. The lowest BCUT2D eigenvalue weighted by Crippen LogP contribution is -2.49. The Hall–Kier alpha value is -1.20. The van der Waals surface area contributed by atoms with E-state index in [0.717, 1.165) is 36.1 Å². The average molecular weight is 276 g/mol. The highest BCUT2D eigenvalue weighted by Gasteiger charge is 2.22. The number of thiophene rings is 1. The molecule has 1 atom stereocenters. The largest absolute Gasteiger partial charge is 0.353 e. The number of nitrogens with one attached hydrogen (secondary N) is 1. The molecule has 0 unspecified atom stereocenters. The molecule has 0 amide bonds. The number of aryl methyl sites for hydroxylation is 3. The van der Waals surface area contributed by atoms with Crippen molar-refractivity contribution in [3.63, 3.8) is 0 Å². The first kappa shape index (κ1) is 12.8. The minimum absolute atomic E-state index is 0.513. The number of piperazine rings is 1. The van der Waals surface area contributed by atoms with Gasteiger partial charge in [-0.05, 0) is 33.3 Å². The Morgan fingerprint density at radius 1 is 1.26 bits per heavy atom. The maximum absolute atomic E-state index is 4.73. The fourth-order valence-corrected chi connectivity index (χ4v) is 3.76. The molecule has 0 spiro atoms. The van der Waals surface area contributed by atoms with Crippen molar-refractivity contribution in [2.45, 2.75) is 33.7 Å². The first-order valence-corrected chi connectivity index (χ1v) is 7.60. The lowest BCUT2D eigenvalue weighted by Gasteiger charge is -2.33. The number of fused-ring (bicyclic) bond motifs is 1. The lowest BCUT2D eigenvalue weighted by molar-refractivity contribution is 0.483. The number of rotatable bonds is 1. The van der Waals surface area contributed by atoms with Crippen molar-refractivity contribution < 1.29 is 0 Å². The van der Waals surface area contributed by atoms with Crippen molar-refractivity contribution in [1.82, 2.24) is 15.3 Å². The minimum Gasteiger partial charge on any atom is -0.353 e. The van der Waals surface area contributed by atoms with Gasteiger partial charge in [0.15, 0.2) is 0 Å². The molecule has 1 aliphatic heterocycles. The molecule has 0 aromatic carbocycles. The van der Waals surface area contributed by atoms with Gasteiger partial charge in [0, 0.05) is 30.6 Å². The second kappa shape index (κ2) is 4.72. The Kier molecular flexibility index (Phi) is 3.19. The molecule has 3 heterocycles. The van der Waals surface area contributed by atoms with Crippen LogP contribution in [-0.4, -0.2) is 35.6 Å². The van der Waals surface area contributed by atoms with Crippen LogP contribution in [0.3, 0.4) is 0 Å². The van der Waals surface area contributed by atoms with Gasteiger partial charge in [0.25, 0.3) is 0 Å². The summed E-state index contributed by atoms with van der Waals surface area (Å²) in [6.07, 6.45) is 0. The zero-order valence-corrected chi connectivity index (χ0v) is 12.8. The van der Waals surface area contributed by atoms with Crippen molar-refractivity contribution in [2.75, 3.05) is 24.5 Å². The van der Waals surface area contributed by atoms with Gasteiger partial charge in [-0.1, -0.05) is 0 Å². The van der Waals surface area contributed by atoms with Crippen LogP contribution in [0.25, 0.3) is 10.2 Å². The highest BCUT2D eigenvalue weighted by molar-refractivity contribution is 7.18. The van der Waals surface area contributed by atoms with Crippen LogP contribution in [0.1, 0.15) is 23.2 Å². The molecule has 0 bridgehead atoms. The maximum atomic E-state index is 4.73. The van der Waals surface area contributed by atoms with Crippen molar-refractivity contribution >= 4 is 27.4 Å². The van der Waals surface area contributed by atoms with E-state index in [1.165, 1.54) is 15.8 Å². The van der Waals surface area contributed by atoms with Crippen LogP contribution in [0.5, 0.6) is 0 Å². The molecule has 3 rings (SSSR count). The molecule has 1 N–H and O–H groups in total. The number of anilines is 1. The van der Waals surface area contributed by atoms with Crippen LogP contribution in [0.2, 0.25) is 0 Å². The third kappa shape index (κ3) is 2.21. The zero-order valence-electron chi connectivity index (χ0n) is 11.9. The summed E-state index contributed by atoms with van der Waals surface area (Å²) in [5.74, 6) is 1.99. The summed E-state index contributed by atoms with van der Waals surface area (Å²) in [5.41, 5.74) is 1.33. The van der Waals surface area contributed by atoms with Gasteiger partial charge < -0.3 is 10.2 Å². The summed E-state index contributed by atoms with van der Waals surface area (Å²) in [5, 5.41) is 4.73. The third-order valence-corrected chi connectivity index (χ3v) is 4.89. The molecule has 0 saturated carbocycles. The van der Waals surface area contributed by atoms with Gasteiger partial charge in [-0.2, -0.15) is 0 Å². The summed E-state index contributed by atoms with van der Waals surface area (Å²) in [7, 11) is 0. The fraction of sp³-hybridized carbons (Fsp3) is 0.571. The molecule has 102 valence electrons. The van der Waals surface area contributed by atoms with Gasteiger partial charge in [-0.15, -0.1) is 11.3 Å². The van der Waals surface area contributed by atoms with E-state index >= 15 is 0 Å². The smallest absolute Gasteiger partial charge is 0.141 e. The van der Waals surface area contributed by atoms with E-state index in [0.29, 0.717) is 6.04 Å². The topological polar surface area (TPSA) is 41.1 Å².